The van der Waals surface area contributed by atoms with Crippen LogP contribution in [0.15, 0.2) is 17.5 Å². The number of hydrogen-bond donors (Lipinski definition) is 1. The molecule has 0 saturated carbocycles. The van der Waals surface area contributed by atoms with E-state index in [2.05, 4.69) is 41.6 Å². The Hall–Kier alpha value is -0.380. The van der Waals surface area contributed by atoms with Gasteiger partial charge >= 0.3 is 0 Å². The summed E-state index contributed by atoms with van der Waals surface area (Å²) in [5, 5.41) is 5.67. The van der Waals surface area contributed by atoms with Gasteiger partial charge in [-0.05, 0) is 31.2 Å². The molecule has 90 valence electrons. The minimum absolute atomic E-state index is 0.672. The van der Waals surface area contributed by atoms with Crippen LogP contribution in [0.25, 0.3) is 0 Å². The van der Waals surface area contributed by atoms with Gasteiger partial charge in [0.05, 0.1) is 0 Å². The van der Waals surface area contributed by atoms with E-state index >= 15 is 0 Å². The van der Waals surface area contributed by atoms with Crippen LogP contribution in [0, 0.1) is 0 Å². The Morgan fingerprint density at radius 3 is 3.19 bits per heavy atom. The van der Waals surface area contributed by atoms with E-state index in [-0.39, 0.29) is 0 Å². The van der Waals surface area contributed by atoms with Gasteiger partial charge in [-0.15, -0.1) is 11.3 Å². The monoisotopic (exact) mass is 238 g/mol. The first-order valence-electron chi connectivity index (χ1n) is 6.30. The molecule has 1 aromatic heterocycles. The van der Waals surface area contributed by atoms with Crippen molar-refractivity contribution in [3.05, 3.63) is 22.4 Å². The lowest BCUT2D eigenvalue weighted by atomic mass is 10.1. The second-order valence-corrected chi connectivity index (χ2v) is 5.67. The number of nitrogens with one attached hydrogen (secondary N) is 1. The van der Waals surface area contributed by atoms with E-state index in [1.54, 1.807) is 0 Å². The molecule has 0 bridgehead atoms. The van der Waals surface area contributed by atoms with Crippen molar-refractivity contribution in [1.29, 1.82) is 0 Å². The summed E-state index contributed by atoms with van der Waals surface area (Å²) in [6.07, 6.45) is 2.45. The van der Waals surface area contributed by atoms with Crippen LogP contribution in [0.2, 0.25) is 0 Å². The molecule has 1 aliphatic rings. The van der Waals surface area contributed by atoms with Gasteiger partial charge in [0, 0.05) is 36.6 Å². The average Bonchev–Trinajstić information content (AvgIpc) is 2.81. The third kappa shape index (κ3) is 2.84. The Labute approximate surface area is 103 Å². The summed E-state index contributed by atoms with van der Waals surface area (Å²) in [5.74, 6) is 0. The third-order valence-corrected chi connectivity index (χ3v) is 4.41. The molecular weight excluding hydrogens is 216 g/mol. The van der Waals surface area contributed by atoms with Crippen LogP contribution in [-0.2, 0) is 6.42 Å². The van der Waals surface area contributed by atoms with E-state index in [0.717, 1.165) is 19.1 Å². The van der Waals surface area contributed by atoms with Crippen molar-refractivity contribution in [3.63, 3.8) is 0 Å². The van der Waals surface area contributed by atoms with Gasteiger partial charge in [0.25, 0.3) is 0 Å². The molecule has 0 spiro atoms. The highest BCUT2D eigenvalue weighted by molar-refractivity contribution is 7.09. The summed E-state index contributed by atoms with van der Waals surface area (Å²) in [7, 11) is 0. The van der Waals surface area contributed by atoms with Crippen molar-refractivity contribution in [1.82, 2.24) is 10.2 Å². The van der Waals surface area contributed by atoms with Crippen molar-refractivity contribution in [2.75, 3.05) is 19.6 Å². The van der Waals surface area contributed by atoms with E-state index in [9.17, 15) is 0 Å². The zero-order chi connectivity index (χ0) is 11.4. The van der Waals surface area contributed by atoms with Crippen LogP contribution in [0.5, 0.6) is 0 Å². The van der Waals surface area contributed by atoms with Gasteiger partial charge in [-0.2, -0.15) is 0 Å². The fourth-order valence-corrected chi connectivity index (χ4v) is 3.40. The number of hydrogen-bond acceptors (Lipinski definition) is 3. The molecule has 0 aromatic carbocycles. The summed E-state index contributed by atoms with van der Waals surface area (Å²) in [6, 6.07) is 5.81. The Morgan fingerprint density at radius 1 is 1.62 bits per heavy atom. The quantitative estimate of drug-likeness (QED) is 0.866. The molecule has 1 fully saturated rings. The van der Waals surface area contributed by atoms with Crippen LogP contribution in [0.1, 0.15) is 25.1 Å². The molecule has 2 atom stereocenters. The first-order valence-corrected chi connectivity index (χ1v) is 7.18. The fourth-order valence-electron chi connectivity index (χ4n) is 2.57. The number of piperazine rings is 1. The van der Waals surface area contributed by atoms with Crippen LogP contribution in [0.3, 0.4) is 0 Å². The third-order valence-electron chi connectivity index (χ3n) is 3.51. The molecule has 2 unspecified atom stereocenters. The van der Waals surface area contributed by atoms with Crippen molar-refractivity contribution in [3.8, 4) is 0 Å². The maximum atomic E-state index is 3.49. The highest BCUT2D eigenvalue weighted by Crippen LogP contribution is 2.18. The lowest BCUT2D eigenvalue weighted by Crippen LogP contribution is -2.54. The van der Waals surface area contributed by atoms with Crippen molar-refractivity contribution in [2.45, 2.75) is 38.8 Å². The van der Waals surface area contributed by atoms with Gasteiger partial charge in [-0.1, -0.05) is 13.0 Å². The van der Waals surface area contributed by atoms with Crippen molar-refractivity contribution >= 4 is 11.3 Å². The molecule has 0 amide bonds. The molecule has 1 saturated heterocycles. The lowest BCUT2D eigenvalue weighted by Gasteiger charge is -2.39. The Kier molecular flexibility index (Phi) is 4.38. The summed E-state index contributed by atoms with van der Waals surface area (Å²) < 4.78 is 0. The Balaban J connectivity index is 1.94. The molecule has 2 nitrogen and oxygen atoms in total. The second kappa shape index (κ2) is 5.80. The van der Waals surface area contributed by atoms with Crippen molar-refractivity contribution in [2.24, 2.45) is 0 Å². The van der Waals surface area contributed by atoms with Gasteiger partial charge in [0.15, 0.2) is 0 Å². The number of nitrogens with zero attached hydrogens (tertiary/aromatic N) is 1. The molecular formula is C13H22N2S. The number of thiophene rings is 1. The largest absolute Gasteiger partial charge is 0.314 e. The zero-order valence-corrected chi connectivity index (χ0v) is 11.1. The predicted molar refractivity (Wildman–Crippen MR) is 71.1 cm³/mol. The van der Waals surface area contributed by atoms with E-state index in [1.165, 1.54) is 24.3 Å². The molecule has 2 heterocycles. The maximum absolute atomic E-state index is 3.49. The second-order valence-electron chi connectivity index (χ2n) is 4.64. The molecule has 2 rings (SSSR count). The summed E-state index contributed by atoms with van der Waals surface area (Å²) in [5.41, 5.74) is 0. The standard InChI is InChI=1S/C13H22N2S/c1-3-12-10-14-6-7-15(12)11(2)9-13-5-4-8-16-13/h4-5,8,11-12,14H,3,6-7,9-10H2,1-2H3. The van der Waals surface area contributed by atoms with Gasteiger partial charge in [-0.3, -0.25) is 4.90 Å². The average molecular weight is 238 g/mol. The SMILES string of the molecule is CCC1CNCCN1C(C)Cc1cccs1. The molecule has 1 aliphatic heterocycles. The van der Waals surface area contributed by atoms with Gasteiger partial charge in [-0.25, -0.2) is 0 Å². The first kappa shape index (κ1) is 12.1. The molecule has 1 aromatic rings. The smallest absolute Gasteiger partial charge is 0.0221 e. The predicted octanol–water partition coefficient (Wildman–Crippen LogP) is 2.36. The first-order chi connectivity index (χ1) is 7.81. The summed E-state index contributed by atoms with van der Waals surface area (Å²) in [4.78, 5) is 4.19. The molecule has 3 heteroatoms. The lowest BCUT2D eigenvalue weighted by molar-refractivity contribution is 0.112. The van der Waals surface area contributed by atoms with Gasteiger partial charge in [0.2, 0.25) is 0 Å². The highest BCUT2D eigenvalue weighted by atomic mass is 32.1. The normalized spacial score (nSPS) is 24.5. The van der Waals surface area contributed by atoms with Crippen LogP contribution >= 0.6 is 11.3 Å². The number of rotatable bonds is 4. The van der Waals surface area contributed by atoms with Crippen LogP contribution in [-0.4, -0.2) is 36.6 Å². The van der Waals surface area contributed by atoms with E-state index in [1.807, 2.05) is 11.3 Å². The molecule has 0 aliphatic carbocycles. The molecule has 0 radical (unpaired) electrons. The Morgan fingerprint density at radius 2 is 2.50 bits per heavy atom. The van der Waals surface area contributed by atoms with Crippen molar-refractivity contribution < 1.29 is 0 Å². The van der Waals surface area contributed by atoms with Gasteiger partial charge < -0.3 is 5.32 Å². The van der Waals surface area contributed by atoms with Crippen LogP contribution in [0.4, 0.5) is 0 Å². The van der Waals surface area contributed by atoms with E-state index < -0.39 is 0 Å². The van der Waals surface area contributed by atoms with Crippen LogP contribution < -0.4 is 5.32 Å². The summed E-state index contributed by atoms with van der Waals surface area (Å²) >= 11 is 1.88. The maximum Gasteiger partial charge on any atom is 0.0221 e. The van der Waals surface area contributed by atoms with E-state index in [4.69, 9.17) is 0 Å². The van der Waals surface area contributed by atoms with E-state index in [0.29, 0.717) is 6.04 Å². The highest BCUT2D eigenvalue weighted by Gasteiger charge is 2.24. The summed E-state index contributed by atoms with van der Waals surface area (Å²) in [6.45, 7) is 8.16. The molecule has 1 N–H and O–H groups in total. The minimum atomic E-state index is 0.672. The zero-order valence-electron chi connectivity index (χ0n) is 10.3. The minimum Gasteiger partial charge on any atom is -0.314 e. The van der Waals surface area contributed by atoms with Gasteiger partial charge in [0.1, 0.15) is 0 Å². The topological polar surface area (TPSA) is 15.3 Å². The Bertz CT molecular complexity index is 297. The molecule has 16 heavy (non-hydrogen) atoms. The fraction of sp³-hybridized carbons (Fsp3) is 0.692.